The van der Waals surface area contributed by atoms with Crippen molar-refractivity contribution in [1.29, 1.82) is 0 Å². The van der Waals surface area contributed by atoms with E-state index in [1.807, 2.05) is 0 Å². The number of hydrogen-bond acceptors (Lipinski definition) is 5. The van der Waals surface area contributed by atoms with Crippen LogP contribution < -0.4 is 5.32 Å². The van der Waals surface area contributed by atoms with Gasteiger partial charge in [0, 0.05) is 11.6 Å². The van der Waals surface area contributed by atoms with Crippen LogP contribution in [-0.2, 0) is 6.54 Å². The van der Waals surface area contributed by atoms with Crippen LogP contribution >= 0.6 is 23.2 Å². The number of nitro groups is 1. The Kier molecular flexibility index (Phi) is 5.00. The van der Waals surface area contributed by atoms with Gasteiger partial charge in [0.25, 0.3) is 0 Å². The lowest BCUT2D eigenvalue weighted by Gasteiger charge is -2.13. The van der Waals surface area contributed by atoms with E-state index < -0.39 is 11.0 Å². The van der Waals surface area contributed by atoms with Crippen LogP contribution in [0.15, 0.2) is 30.6 Å². The zero-order valence-corrected chi connectivity index (χ0v) is 12.3. The first-order valence-corrected chi connectivity index (χ1v) is 6.75. The molecule has 0 aliphatic carbocycles. The number of anilines is 1. The summed E-state index contributed by atoms with van der Waals surface area (Å²) in [5.41, 5.74) is 0.530. The highest BCUT2D eigenvalue weighted by molar-refractivity contribution is 6.36. The lowest BCUT2D eigenvalue weighted by Crippen LogP contribution is -2.25. The van der Waals surface area contributed by atoms with Gasteiger partial charge in [-0.1, -0.05) is 23.2 Å². The molecular formula is C12H12Cl2N4O3. The van der Waals surface area contributed by atoms with Crippen LogP contribution in [0.1, 0.15) is 0 Å². The fraction of sp³-hybridized carbons (Fsp3) is 0.250. The molecule has 0 aliphatic rings. The van der Waals surface area contributed by atoms with Gasteiger partial charge in [0.15, 0.2) is 0 Å². The van der Waals surface area contributed by atoms with E-state index in [0.29, 0.717) is 15.7 Å². The van der Waals surface area contributed by atoms with E-state index in [1.54, 1.807) is 18.2 Å². The van der Waals surface area contributed by atoms with Crippen molar-refractivity contribution in [2.45, 2.75) is 12.6 Å². The molecule has 1 aromatic carbocycles. The molecule has 0 radical (unpaired) electrons. The van der Waals surface area contributed by atoms with Crippen molar-refractivity contribution < 1.29 is 10.0 Å². The minimum absolute atomic E-state index is 0.115. The van der Waals surface area contributed by atoms with E-state index in [1.165, 1.54) is 10.9 Å². The Bertz CT molecular complexity index is 647. The summed E-state index contributed by atoms with van der Waals surface area (Å²) in [6.45, 7) is 0.348. The Labute approximate surface area is 130 Å². The van der Waals surface area contributed by atoms with Gasteiger partial charge in [0.2, 0.25) is 0 Å². The third kappa shape index (κ3) is 4.32. The normalized spacial score (nSPS) is 12.1. The summed E-state index contributed by atoms with van der Waals surface area (Å²) in [5.74, 6) is 0. The summed E-state index contributed by atoms with van der Waals surface area (Å²) >= 11 is 11.8. The van der Waals surface area contributed by atoms with Crippen molar-refractivity contribution in [1.82, 2.24) is 9.78 Å². The Morgan fingerprint density at radius 1 is 1.48 bits per heavy atom. The molecule has 0 spiro atoms. The molecule has 2 N–H and O–H groups in total. The minimum atomic E-state index is -0.781. The SMILES string of the molecule is O=[N+]([O-])c1cnn(CC(O)CNc2ccc(Cl)cc2Cl)c1. The first-order chi connectivity index (χ1) is 9.95. The van der Waals surface area contributed by atoms with Crippen molar-refractivity contribution in [3.05, 3.63) is 50.8 Å². The van der Waals surface area contributed by atoms with E-state index >= 15 is 0 Å². The zero-order chi connectivity index (χ0) is 15.4. The molecule has 1 aromatic heterocycles. The predicted octanol–water partition coefficient (Wildman–Crippen LogP) is 2.57. The van der Waals surface area contributed by atoms with Crippen LogP contribution in [0.2, 0.25) is 10.0 Å². The standard InChI is InChI=1S/C12H12Cl2N4O3/c13-8-1-2-12(11(14)3-8)15-5-10(19)7-17-6-9(4-16-17)18(20)21/h1-4,6,10,15,19H,5,7H2. The van der Waals surface area contributed by atoms with Gasteiger partial charge in [-0.05, 0) is 18.2 Å². The molecule has 0 amide bonds. The maximum absolute atomic E-state index is 10.5. The third-order valence-corrected chi connectivity index (χ3v) is 3.24. The quantitative estimate of drug-likeness (QED) is 0.627. The van der Waals surface area contributed by atoms with Crippen molar-refractivity contribution in [2.75, 3.05) is 11.9 Å². The number of aliphatic hydroxyl groups is 1. The minimum Gasteiger partial charge on any atom is -0.389 e. The van der Waals surface area contributed by atoms with Crippen LogP contribution in [0.25, 0.3) is 0 Å². The topological polar surface area (TPSA) is 93.2 Å². The second-order valence-electron chi connectivity index (χ2n) is 4.34. The highest BCUT2D eigenvalue weighted by Gasteiger charge is 2.12. The first kappa shape index (κ1) is 15.6. The summed E-state index contributed by atoms with van der Waals surface area (Å²) in [5, 5.41) is 28.2. The Morgan fingerprint density at radius 2 is 2.24 bits per heavy atom. The smallest absolute Gasteiger partial charge is 0.306 e. The molecule has 7 nitrogen and oxygen atoms in total. The maximum atomic E-state index is 10.5. The number of aromatic nitrogens is 2. The van der Waals surface area contributed by atoms with Crippen LogP contribution in [0, 0.1) is 10.1 Å². The molecule has 2 aromatic rings. The van der Waals surface area contributed by atoms with Gasteiger partial charge in [-0.25, -0.2) is 0 Å². The molecule has 0 saturated carbocycles. The summed E-state index contributed by atoms with van der Waals surface area (Å²) in [7, 11) is 0. The van der Waals surface area contributed by atoms with Crippen LogP contribution in [-0.4, -0.2) is 32.5 Å². The Morgan fingerprint density at radius 3 is 2.86 bits per heavy atom. The Balaban J connectivity index is 1.89. The number of halogens is 2. The van der Waals surface area contributed by atoms with Gasteiger partial charge in [-0.3, -0.25) is 14.8 Å². The summed E-state index contributed by atoms with van der Waals surface area (Å²) in [6.07, 6.45) is 1.62. The summed E-state index contributed by atoms with van der Waals surface area (Å²) < 4.78 is 1.31. The molecule has 0 bridgehead atoms. The molecule has 2 rings (SSSR count). The molecule has 1 atom stereocenters. The van der Waals surface area contributed by atoms with E-state index in [-0.39, 0.29) is 18.8 Å². The van der Waals surface area contributed by atoms with E-state index in [9.17, 15) is 15.2 Å². The number of benzene rings is 1. The van der Waals surface area contributed by atoms with Crippen molar-refractivity contribution in [3.8, 4) is 0 Å². The van der Waals surface area contributed by atoms with E-state index in [0.717, 1.165) is 6.20 Å². The van der Waals surface area contributed by atoms with E-state index in [4.69, 9.17) is 23.2 Å². The molecular weight excluding hydrogens is 319 g/mol. The fourth-order valence-corrected chi connectivity index (χ4v) is 2.16. The maximum Gasteiger partial charge on any atom is 0.306 e. The third-order valence-electron chi connectivity index (χ3n) is 2.69. The fourth-order valence-electron chi connectivity index (χ4n) is 1.69. The van der Waals surface area contributed by atoms with Crippen molar-refractivity contribution >= 4 is 34.6 Å². The van der Waals surface area contributed by atoms with Crippen LogP contribution in [0.3, 0.4) is 0 Å². The van der Waals surface area contributed by atoms with Gasteiger partial charge in [0.05, 0.1) is 28.3 Å². The molecule has 9 heteroatoms. The lowest BCUT2D eigenvalue weighted by atomic mass is 10.3. The highest BCUT2D eigenvalue weighted by atomic mass is 35.5. The molecule has 21 heavy (non-hydrogen) atoms. The molecule has 1 unspecified atom stereocenters. The van der Waals surface area contributed by atoms with Crippen LogP contribution in [0.5, 0.6) is 0 Å². The molecule has 0 aliphatic heterocycles. The van der Waals surface area contributed by atoms with Gasteiger partial charge in [0.1, 0.15) is 12.4 Å². The Hall–Kier alpha value is -1.83. The second-order valence-corrected chi connectivity index (χ2v) is 5.18. The average molecular weight is 331 g/mol. The first-order valence-electron chi connectivity index (χ1n) is 5.99. The number of nitrogens with one attached hydrogen (secondary N) is 1. The largest absolute Gasteiger partial charge is 0.389 e. The van der Waals surface area contributed by atoms with Gasteiger partial charge >= 0.3 is 5.69 Å². The van der Waals surface area contributed by atoms with Crippen molar-refractivity contribution in [2.24, 2.45) is 0 Å². The highest BCUT2D eigenvalue weighted by Crippen LogP contribution is 2.25. The molecule has 1 heterocycles. The average Bonchev–Trinajstić information content (AvgIpc) is 2.86. The molecule has 0 saturated heterocycles. The van der Waals surface area contributed by atoms with Gasteiger partial charge in [-0.2, -0.15) is 5.10 Å². The summed E-state index contributed by atoms with van der Waals surface area (Å²) in [6, 6.07) is 4.98. The lowest BCUT2D eigenvalue weighted by molar-refractivity contribution is -0.385. The predicted molar refractivity (Wildman–Crippen MR) is 79.8 cm³/mol. The number of aliphatic hydroxyl groups excluding tert-OH is 1. The number of rotatable bonds is 6. The number of hydrogen-bond donors (Lipinski definition) is 2. The van der Waals surface area contributed by atoms with Crippen molar-refractivity contribution in [3.63, 3.8) is 0 Å². The number of nitrogens with zero attached hydrogens (tertiary/aromatic N) is 3. The van der Waals surface area contributed by atoms with Gasteiger partial charge in [-0.15, -0.1) is 0 Å². The zero-order valence-electron chi connectivity index (χ0n) is 10.7. The molecule has 0 fully saturated rings. The van der Waals surface area contributed by atoms with Crippen LogP contribution in [0.4, 0.5) is 11.4 Å². The molecule has 112 valence electrons. The van der Waals surface area contributed by atoms with E-state index in [2.05, 4.69) is 10.4 Å². The summed E-state index contributed by atoms with van der Waals surface area (Å²) in [4.78, 5) is 9.99. The second kappa shape index (κ2) is 6.75. The monoisotopic (exact) mass is 330 g/mol. The van der Waals surface area contributed by atoms with Gasteiger partial charge < -0.3 is 10.4 Å².